The molecule has 0 fully saturated rings. The van der Waals surface area contributed by atoms with Crippen molar-refractivity contribution in [3.63, 3.8) is 0 Å². The van der Waals surface area contributed by atoms with Crippen LogP contribution < -0.4 is 9.64 Å². The molecule has 0 saturated carbocycles. The molecule has 0 radical (unpaired) electrons. The van der Waals surface area contributed by atoms with Gasteiger partial charge in [-0.25, -0.2) is 0 Å². The maximum absolute atomic E-state index is 12.8. The fourth-order valence-electron chi connectivity index (χ4n) is 2.54. The van der Waals surface area contributed by atoms with E-state index in [2.05, 4.69) is 6.58 Å². The van der Waals surface area contributed by atoms with Gasteiger partial charge in [0.25, 0.3) is 5.91 Å². The van der Waals surface area contributed by atoms with Crippen LogP contribution in [0.3, 0.4) is 0 Å². The molecule has 0 unspecified atom stereocenters. The summed E-state index contributed by atoms with van der Waals surface area (Å²) in [5.74, 6) is 0.684. The summed E-state index contributed by atoms with van der Waals surface area (Å²) in [5, 5.41) is 9.65. The van der Waals surface area contributed by atoms with Crippen LogP contribution in [0.2, 0.25) is 0 Å². The first kappa shape index (κ1) is 14.4. The molecule has 1 aromatic rings. The average Bonchev–Trinajstić information content (AvgIpc) is 2.42. The molecule has 108 valence electrons. The number of phenols is 1. The molecule has 0 spiro atoms. The van der Waals surface area contributed by atoms with Crippen molar-refractivity contribution >= 4 is 11.6 Å². The van der Waals surface area contributed by atoms with Crippen LogP contribution in [-0.2, 0) is 4.79 Å². The van der Waals surface area contributed by atoms with Crippen molar-refractivity contribution in [1.29, 1.82) is 0 Å². The predicted octanol–water partition coefficient (Wildman–Crippen LogP) is 3.25. The zero-order valence-electron chi connectivity index (χ0n) is 12.3. The zero-order valence-corrected chi connectivity index (χ0v) is 12.3. The molecule has 20 heavy (non-hydrogen) atoms. The molecule has 1 heterocycles. The summed E-state index contributed by atoms with van der Waals surface area (Å²) >= 11 is 0. The fourth-order valence-corrected chi connectivity index (χ4v) is 2.54. The first-order valence-corrected chi connectivity index (χ1v) is 6.92. The molecule has 1 aliphatic heterocycles. The van der Waals surface area contributed by atoms with E-state index >= 15 is 0 Å². The molecule has 1 aliphatic rings. The van der Waals surface area contributed by atoms with Gasteiger partial charge >= 0.3 is 0 Å². The third-order valence-electron chi connectivity index (χ3n) is 3.74. The molecule has 1 amide bonds. The van der Waals surface area contributed by atoms with Gasteiger partial charge in [0, 0.05) is 12.6 Å². The topological polar surface area (TPSA) is 49.8 Å². The second-order valence-electron chi connectivity index (χ2n) is 5.30. The summed E-state index contributed by atoms with van der Waals surface area (Å²) in [5.41, 5.74) is 0.672. The van der Waals surface area contributed by atoms with E-state index in [0.29, 0.717) is 30.8 Å². The Balaban J connectivity index is 2.55. The van der Waals surface area contributed by atoms with Crippen molar-refractivity contribution in [2.75, 3.05) is 11.4 Å². The normalized spacial score (nSPS) is 16.6. The standard InChI is InChI=1S/C16H21NO3/c1-5-16(6-2)15(19)17(10-11(3)4)13-9-12(18)7-8-14(13)20-16/h7-9,18H,3,5-6,10H2,1-2,4H3. The highest BCUT2D eigenvalue weighted by Crippen LogP contribution is 2.42. The Morgan fingerprint density at radius 2 is 2.05 bits per heavy atom. The van der Waals surface area contributed by atoms with Gasteiger partial charge in [-0.1, -0.05) is 26.0 Å². The number of ether oxygens (including phenoxy) is 1. The number of benzene rings is 1. The maximum atomic E-state index is 12.8. The summed E-state index contributed by atoms with van der Waals surface area (Å²) in [4.78, 5) is 14.5. The quantitative estimate of drug-likeness (QED) is 0.858. The van der Waals surface area contributed by atoms with Crippen molar-refractivity contribution in [3.05, 3.63) is 30.4 Å². The number of anilines is 1. The number of hydrogen-bond donors (Lipinski definition) is 1. The molecule has 0 aromatic heterocycles. The van der Waals surface area contributed by atoms with Gasteiger partial charge in [-0.2, -0.15) is 0 Å². The summed E-state index contributed by atoms with van der Waals surface area (Å²) in [6.45, 7) is 10.1. The second kappa shape index (κ2) is 5.19. The van der Waals surface area contributed by atoms with Gasteiger partial charge < -0.3 is 14.7 Å². The lowest BCUT2D eigenvalue weighted by molar-refractivity contribution is -0.136. The Bertz CT molecular complexity index is 547. The van der Waals surface area contributed by atoms with Crippen molar-refractivity contribution in [3.8, 4) is 11.5 Å². The molecule has 0 bridgehead atoms. The van der Waals surface area contributed by atoms with Crippen molar-refractivity contribution < 1.29 is 14.6 Å². The number of amides is 1. The van der Waals surface area contributed by atoms with Gasteiger partial charge in [0.15, 0.2) is 5.60 Å². The van der Waals surface area contributed by atoms with E-state index in [4.69, 9.17) is 4.74 Å². The lowest BCUT2D eigenvalue weighted by Crippen LogP contribution is -2.55. The van der Waals surface area contributed by atoms with E-state index in [9.17, 15) is 9.90 Å². The maximum Gasteiger partial charge on any atom is 0.271 e. The predicted molar refractivity (Wildman–Crippen MR) is 79.2 cm³/mol. The van der Waals surface area contributed by atoms with Crippen molar-refractivity contribution in [2.24, 2.45) is 0 Å². The highest BCUT2D eigenvalue weighted by atomic mass is 16.5. The smallest absolute Gasteiger partial charge is 0.271 e. The van der Waals surface area contributed by atoms with Crippen LogP contribution in [0.5, 0.6) is 11.5 Å². The van der Waals surface area contributed by atoms with Crippen molar-refractivity contribution in [2.45, 2.75) is 39.2 Å². The SMILES string of the molecule is C=C(C)CN1C(=O)C(CC)(CC)Oc2ccc(O)cc21. The Hall–Kier alpha value is -1.97. The Labute approximate surface area is 119 Å². The van der Waals surface area contributed by atoms with Crippen LogP contribution in [-0.4, -0.2) is 23.2 Å². The van der Waals surface area contributed by atoms with Crippen LogP contribution >= 0.6 is 0 Å². The average molecular weight is 275 g/mol. The number of nitrogens with zero attached hydrogens (tertiary/aromatic N) is 1. The third-order valence-corrected chi connectivity index (χ3v) is 3.74. The van der Waals surface area contributed by atoms with Gasteiger partial charge in [0.05, 0.1) is 5.69 Å². The minimum atomic E-state index is -0.820. The lowest BCUT2D eigenvalue weighted by Gasteiger charge is -2.42. The molecule has 1 aromatic carbocycles. The molecule has 1 N–H and O–H groups in total. The number of carbonyl (C=O) groups excluding carboxylic acids is 1. The third kappa shape index (κ3) is 2.26. The largest absolute Gasteiger partial charge is 0.508 e. The molecule has 4 nitrogen and oxygen atoms in total. The van der Waals surface area contributed by atoms with Crippen LogP contribution in [0.1, 0.15) is 33.6 Å². The van der Waals surface area contributed by atoms with Gasteiger partial charge in [0.1, 0.15) is 11.5 Å². The fraction of sp³-hybridized carbons (Fsp3) is 0.438. The number of hydrogen-bond acceptors (Lipinski definition) is 3. The second-order valence-corrected chi connectivity index (χ2v) is 5.30. The van der Waals surface area contributed by atoms with Crippen LogP contribution in [0.4, 0.5) is 5.69 Å². The zero-order chi connectivity index (χ0) is 14.9. The van der Waals surface area contributed by atoms with Crippen LogP contribution in [0.25, 0.3) is 0 Å². The summed E-state index contributed by atoms with van der Waals surface area (Å²) < 4.78 is 5.96. The van der Waals surface area contributed by atoms with Gasteiger partial charge in [-0.05, 0) is 31.9 Å². The lowest BCUT2D eigenvalue weighted by atomic mass is 9.92. The number of carbonyl (C=O) groups is 1. The molecule has 0 saturated heterocycles. The monoisotopic (exact) mass is 275 g/mol. The highest BCUT2D eigenvalue weighted by molar-refractivity contribution is 6.03. The van der Waals surface area contributed by atoms with E-state index < -0.39 is 5.60 Å². The van der Waals surface area contributed by atoms with E-state index in [0.717, 1.165) is 5.57 Å². The van der Waals surface area contributed by atoms with E-state index in [1.165, 1.54) is 0 Å². The summed E-state index contributed by atoms with van der Waals surface area (Å²) in [6, 6.07) is 4.84. The Morgan fingerprint density at radius 3 is 2.60 bits per heavy atom. The van der Waals surface area contributed by atoms with Crippen LogP contribution in [0, 0.1) is 0 Å². The minimum Gasteiger partial charge on any atom is -0.508 e. The molecular weight excluding hydrogens is 254 g/mol. The molecule has 0 atom stereocenters. The highest BCUT2D eigenvalue weighted by Gasteiger charge is 2.45. The number of phenolic OH excluding ortho intramolecular Hbond substituents is 1. The number of rotatable bonds is 4. The Kier molecular flexibility index (Phi) is 3.75. The van der Waals surface area contributed by atoms with Gasteiger partial charge in [-0.3, -0.25) is 4.79 Å². The Morgan fingerprint density at radius 1 is 1.40 bits per heavy atom. The van der Waals surface area contributed by atoms with E-state index in [1.807, 2.05) is 20.8 Å². The molecular formula is C16H21NO3. The first-order chi connectivity index (χ1) is 9.43. The summed E-state index contributed by atoms with van der Waals surface area (Å²) in [7, 11) is 0. The van der Waals surface area contributed by atoms with Gasteiger partial charge in [-0.15, -0.1) is 0 Å². The minimum absolute atomic E-state index is 0.0661. The molecule has 2 rings (SSSR count). The summed E-state index contributed by atoms with van der Waals surface area (Å²) in [6.07, 6.45) is 1.21. The number of aromatic hydroxyl groups is 1. The molecule has 4 heteroatoms. The van der Waals surface area contributed by atoms with Gasteiger partial charge in [0.2, 0.25) is 0 Å². The van der Waals surface area contributed by atoms with Crippen LogP contribution in [0.15, 0.2) is 30.4 Å². The first-order valence-electron chi connectivity index (χ1n) is 6.92. The number of fused-ring (bicyclic) bond motifs is 1. The van der Waals surface area contributed by atoms with Crippen molar-refractivity contribution in [1.82, 2.24) is 0 Å². The van der Waals surface area contributed by atoms with E-state index in [1.54, 1.807) is 23.1 Å². The van der Waals surface area contributed by atoms with E-state index in [-0.39, 0.29) is 11.7 Å². The molecule has 0 aliphatic carbocycles.